The van der Waals surface area contributed by atoms with Crippen molar-refractivity contribution in [2.75, 3.05) is 0 Å². The Morgan fingerprint density at radius 3 is 2.26 bits per heavy atom. The number of oxazole rings is 1. The maximum atomic E-state index is 6.02. The zero-order valence-electron chi connectivity index (χ0n) is 14.6. The molecule has 3 aromatic carbocycles. The van der Waals surface area contributed by atoms with Crippen molar-refractivity contribution in [3.63, 3.8) is 0 Å². The summed E-state index contributed by atoms with van der Waals surface area (Å²) in [6, 6.07) is 28.3. The minimum absolute atomic E-state index is 0.592. The predicted octanol–water partition coefficient (Wildman–Crippen LogP) is 5.41. The summed E-state index contributed by atoms with van der Waals surface area (Å²) in [6.07, 6.45) is 2.01. The molecule has 2 heterocycles. The van der Waals surface area contributed by atoms with Crippen LogP contribution in [-0.4, -0.2) is 14.8 Å². The van der Waals surface area contributed by atoms with Gasteiger partial charge in [-0.2, -0.15) is 5.10 Å². The lowest BCUT2D eigenvalue weighted by Crippen LogP contribution is -1.99. The third-order valence-electron chi connectivity index (χ3n) is 4.52. The lowest BCUT2D eigenvalue weighted by Gasteiger charge is -2.01. The monoisotopic (exact) mass is 351 g/mol. The standard InChI is InChI=1S/C23H17N3O/c1-3-9-17(10-4-1)15-26-16-19(22(25-26)18-11-5-2-6-12-18)23-24-20-13-7-8-14-21(20)27-23/h1-14,16H,15H2. The van der Waals surface area contributed by atoms with E-state index in [0.29, 0.717) is 12.4 Å². The van der Waals surface area contributed by atoms with Gasteiger partial charge in [-0.05, 0) is 17.7 Å². The van der Waals surface area contributed by atoms with Gasteiger partial charge in [0.05, 0.1) is 12.1 Å². The van der Waals surface area contributed by atoms with Crippen molar-refractivity contribution in [2.24, 2.45) is 0 Å². The van der Waals surface area contributed by atoms with Crippen LogP contribution in [0, 0.1) is 0 Å². The molecule has 0 bridgehead atoms. The number of para-hydroxylation sites is 2. The third-order valence-corrected chi connectivity index (χ3v) is 4.52. The summed E-state index contributed by atoms with van der Waals surface area (Å²) in [6.45, 7) is 0.695. The van der Waals surface area contributed by atoms with Crippen LogP contribution < -0.4 is 0 Å². The fourth-order valence-electron chi connectivity index (χ4n) is 3.23. The molecule has 0 N–H and O–H groups in total. The summed E-state index contributed by atoms with van der Waals surface area (Å²) < 4.78 is 7.96. The molecule has 0 saturated carbocycles. The summed E-state index contributed by atoms with van der Waals surface area (Å²) in [7, 11) is 0. The van der Waals surface area contributed by atoms with E-state index in [2.05, 4.69) is 29.2 Å². The van der Waals surface area contributed by atoms with Crippen molar-refractivity contribution >= 4 is 11.1 Å². The van der Waals surface area contributed by atoms with E-state index in [1.807, 2.05) is 71.5 Å². The van der Waals surface area contributed by atoms with Crippen molar-refractivity contribution in [1.82, 2.24) is 14.8 Å². The molecule has 0 amide bonds. The van der Waals surface area contributed by atoms with Crippen LogP contribution in [0.25, 0.3) is 33.8 Å². The number of hydrogen-bond donors (Lipinski definition) is 0. The zero-order chi connectivity index (χ0) is 18.1. The van der Waals surface area contributed by atoms with Crippen molar-refractivity contribution in [2.45, 2.75) is 6.54 Å². The molecule has 4 nitrogen and oxygen atoms in total. The molecule has 0 atom stereocenters. The lowest BCUT2D eigenvalue weighted by atomic mass is 10.1. The Hall–Kier alpha value is -3.66. The molecule has 0 saturated heterocycles. The molecule has 0 spiro atoms. The van der Waals surface area contributed by atoms with Gasteiger partial charge in [-0.25, -0.2) is 4.98 Å². The number of fused-ring (bicyclic) bond motifs is 1. The molecular weight excluding hydrogens is 334 g/mol. The fourth-order valence-corrected chi connectivity index (χ4v) is 3.23. The lowest BCUT2D eigenvalue weighted by molar-refractivity contribution is 0.619. The minimum atomic E-state index is 0.592. The first-order chi connectivity index (χ1) is 13.4. The van der Waals surface area contributed by atoms with Crippen molar-refractivity contribution in [1.29, 1.82) is 0 Å². The van der Waals surface area contributed by atoms with Crippen LogP contribution in [0.1, 0.15) is 5.56 Å². The van der Waals surface area contributed by atoms with Crippen LogP contribution >= 0.6 is 0 Å². The maximum Gasteiger partial charge on any atom is 0.231 e. The average Bonchev–Trinajstić information content (AvgIpc) is 3.33. The molecule has 0 aliphatic carbocycles. The van der Waals surface area contributed by atoms with E-state index in [0.717, 1.165) is 27.9 Å². The van der Waals surface area contributed by atoms with Gasteiger partial charge in [-0.15, -0.1) is 0 Å². The largest absolute Gasteiger partial charge is 0.436 e. The van der Waals surface area contributed by atoms with Gasteiger partial charge in [-0.3, -0.25) is 4.68 Å². The Kier molecular flexibility index (Phi) is 3.79. The minimum Gasteiger partial charge on any atom is -0.436 e. The number of nitrogens with zero attached hydrogens (tertiary/aromatic N) is 3. The second kappa shape index (κ2) is 6.57. The Morgan fingerprint density at radius 1 is 0.778 bits per heavy atom. The van der Waals surface area contributed by atoms with E-state index in [4.69, 9.17) is 9.52 Å². The van der Waals surface area contributed by atoms with Gasteiger partial charge in [0, 0.05) is 11.8 Å². The van der Waals surface area contributed by atoms with E-state index in [1.54, 1.807) is 0 Å². The average molecular weight is 351 g/mol. The van der Waals surface area contributed by atoms with Gasteiger partial charge in [0.1, 0.15) is 11.2 Å². The van der Waals surface area contributed by atoms with Crippen LogP contribution in [-0.2, 0) is 6.54 Å². The van der Waals surface area contributed by atoms with Crippen LogP contribution in [0.2, 0.25) is 0 Å². The molecule has 27 heavy (non-hydrogen) atoms. The predicted molar refractivity (Wildman–Crippen MR) is 106 cm³/mol. The van der Waals surface area contributed by atoms with Crippen LogP contribution in [0.15, 0.2) is 95.5 Å². The second-order valence-corrected chi connectivity index (χ2v) is 6.43. The van der Waals surface area contributed by atoms with Crippen LogP contribution in [0.3, 0.4) is 0 Å². The highest BCUT2D eigenvalue weighted by molar-refractivity contribution is 5.81. The number of rotatable bonds is 4. The summed E-state index contributed by atoms with van der Waals surface area (Å²) >= 11 is 0. The van der Waals surface area contributed by atoms with E-state index in [1.165, 1.54) is 5.56 Å². The summed E-state index contributed by atoms with van der Waals surface area (Å²) in [5, 5.41) is 4.84. The molecule has 0 unspecified atom stereocenters. The highest BCUT2D eigenvalue weighted by Crippen LogP contribution is 2.32. The van der Waals surface area contributed by atoms with E-state index < -0.39 is 0 Å². The van der Waals surface area contributed by atoms with E-state index in [-0.39, 0.29) is 0 Å². The molecule has 5 aromatic rings. The molecule has 130 valence electrons. The smallest absolute Gasteiger partial charge is 0.231 e. The second-order valence-electron chi connectivity index (χ2n) is 6.43. The van der Waals surface area contributed by atoms with Crippen molar-refractivity contribution in [3.8, 4) is 22.7 Å². The fraction of sp³-hybridized carbons (Fsp3) is 0.0435. The molecule has 5 rings (SSSR count). The van der Waals surface area contributed by atoms with Gasteiger partial charge in [0.25, 0.3) is 0 Å². The molecule has 0 fully saturated rings. The highest BCUT2D eigenvalue weighted by Gasteiger charge is 2.18. The topological polar surface area (TPSA) is 43.9 Å². The quantitative estimate of drug-likeness (QED) is 0.435. The van der Waals surface area contributed by atoms with Gasteiger partial charge in [0.2, 0.25) is 5.89 Å². The first-order valence-electron chi connectivity index (χ1n) is 8.89. The van der Waals surface area contributed by atoms with Gasteiger partial charge < -0.3 is 4.42 Å². The molecular formula is C23H17N3O. The van der Waals surface area contributed by atoms with Gasteiger partial charge in [-0.1, -0.05) is 72.8 Å². The Labute approximate surface area is 156 Å². The molecule has 0 aliphatic heterocycles. The molecule has 0 aliphatic rings. The van der Waals surface area contributed by atoms with Crippen molar-refractivity contribution in [3.05, 3.63) is 96.7 Å². The zero-order valence-corrected chi connectivity index (χ0v) is 14.6. The van der Waals surface area contributed by atoms with Crippen LogP contribution in [0.4, 0.5) is 0 Å². The van der Waals surface area contributed by atoms with E-state index in [9.17, 15) is 0 Å². The molecule has 4 heteroatoms. The number of benzene rings is 3. The van der Waals surface area contributed by atoms with E-state index >= 15 is 0 Å². The van der Waals surface area contributed by atoms with Gasteiger partial charge >= 0.3 is 0 Å². The first-order valence-corrected chi connectivity index (χ1v) is 8.89. The third kappa shape index (κ3) is 3.02. The number of hydrogen-bond acceptors (Lipinski definition) is 3. The Balaban J connectivity index is 1.64. The SMILES string of the molecule is c1ccc(Cn2cc(-c3nc4ccccc4o3)c(-c3ccccc3)n2)cc1. The summed E-state index contributed by atoms with van der Waals surface area (Å²) in [5.41, 5.74) is 5.64. The molecule has 2 aromatic heterocycles. The summed E-state index contributed by atoms with van der Waals surface area (Å²) in [4.78, 5) is 4.67. The normalized spacial score (nSPS) is 11.1. The molecule has 0 radical (unpaired) electrons. The summed E-state index contributed by atoms with van der Waals surface area (Å²) in [5.74, 6) is 0.592. The van der Waals surface area contributed by atoms with Crippen molar-refractivity contribution < 1.29 is 4.42 Å². The Morgan fingerprint density at radius 2 is 1.48 bits per heavy atom. The number of aromatic nitrogens is 3. The van der Waals surface area contributed by atoms with Gasteiger partial charge in [0.15, 0.2) is 5.58 Å². The Bertz CT molecular complexity index is 1160. The first kappa shape index (κ1) is 15.6. The van der Waals surface area contributed by atoms with Crippen LogP contribution in [0.5, 0.6) is 0 Å². The highest BCUT2D eigenvalue weighted by atomic mass is 16.3. The maximum absolute atomic E-state index is 6.02.